The van der Waals surface area contributed by atoms with Gasteiger partial charge in [-0.05, 0) is 66.8 Å². The highest BCUT2D eigenvalue weighted by Crippen LogP contribution is 2.25. The zero-order chi connectivity index (χ0) is 22.4. The van der Waals surface area contributed by atoms with Gasteiger partial charge in [-0.15, -0.1) is 0 Å². The number of halogens is 2. The van der Waals surface area contributed by atoms with Crippen molar-refractivity contribution in [2.24, 2.45) is 0 Å². The lowest BCUT2D eigenvalue weighted by Crippen LogP contribution is -2.19. The highest BCUT2D eigenvalue weighted by Gasteiger charge is 2.11. The first-order chi connectivity index (χ1) is 14.8. The topological polar surface area (TPSA) is 82.3 Å². The molecule has 9 heteroatoms. The number of amides is 2. The number of benzene rings is 3. The number of thiocarbonyl (C=S) groups is 1. The monoisotopic (exact) mass is 456 g/mol. The Kier molecular flexibility index (Phi) is 7.17. The van der Waals surface area contributed by atoms with Crippen molar-refractivity contribution in [3.05, 3.63) is 83.1 Å². The van der Waals surface area contributed by atoms with Crippen LogP contribution in [0.3, 0.4) is 0 Å². The molecule has 0 saturated carbocycles. The summed E-state index contributed by atoms with van der Waals surface area (Å²) in [5.74, 6) is -1.33. The number of hydrogen-bond donors (Lipinski definition) is 4. The maximum absolute atomic E-state index is 13.7. The Hall–Kier alpha value is -3.49. The number of nitrogens with one attached hydrogen (secondary N) is 4. The van der Waals surface area contributed by atoms with Crippen molar-refractivity contribution in [2.75, 3.05) is 21.3 Å². The van der Waals surface area contributed by atoms with Gasteiger partial charge in [0.15, 0.2) is 5.11 Å². The molecule has 2 amide bonds. The third-order valence-corrected chi connectivity index (χ3v) is 4.57. The van der Waals surface area contributed by atoms with E-state index < -0.39 is 11.7 Å². The molecule has 0 fully saturated rings. The summed E-state index contributed by atoms with van der Waals surface area (Å²) in [7, 11) is 0. The third kappa shape index (κ3) is 6.24. The first kappa shape index (κ1) is 22.2. The lowest BCUT2D eigenvalue weighted by Gasteiger charge is -2.13. The normalized spacial score (nSPS) is 10.2. The molecule has 3 aromatic rings. The smallest absolute Gasteiger partial charge is 0.258 e. The molecule has 0 aromatic heterocycles. The van der Waals surface area contributed by atoms with Gasteiger partial charge in [-0.3, -0.25) is 9.59 Å². The van der Waals surface area contributed by atoms with E-state index in [0.29, 0.717) is 32.9 Å². The van der Waals surface area contributed by atoms with E-state index in [4.69, 9.17) is 23.8 Å². The summed E-state index contributed by atoms with van der Waals surface area (Å²) >= 11 is 11.5. The van der Waals surface area contributed by atoms with Crippen LogP contribution < -0.4 is 21.3 Å². The summed E-state index contributed by atoms with van der Waals surface area (Å²) in [6, 6.07) is 17.6. The number of carbonyl (C=O) groups is 2. The van der Waals surface area contributed by atoms with E-state index >= 15 is 0 Å². The average molecular weight is 457 g/mol. The minimum atomic E-state index is -0.583. The van der Waals surface area contributed by atoms with Crippen LogP contribution in [0, 0.1) is 5.82 Å². The summed E-state index contributed by atoms with van der Waals surface area (Å²) in [5.41, 5.74) is 2.32. The Morgan fingerprint density at radius 3 is 2.03 bits per heavy atom. The number of carbonyl (C=O) groups excluding carboxylic acids is 2. The van der Waals surface area contributed by atoms with E-state index in [1.54, 1.807) is 48.5 Å². The van der Waals surface area contributed by atoms with Gasteiger partial charge >= 0.3 is 0 Å². The fourth-order valence-electron chi connectivity index (χ4n) is 2.66. The maximum Gasteiger partial charge on any atom is 0.258 e. The van der Waals surface area contributed by atoms with Gasteiger partial charge in [-0.1, -0.05) is 23.7 Å². The fraction of sp³-hybridized carbons (Fsp3) is 0.0455. The van der Waals surface area contributed by atoms with Crippen LogP contribution >= 0.6 is 23.8 Å². The molecule has 0 atom stereocenters. The Bertz CT molecular complexity index is 1140. The van der Waals surface area contributed by atoms with E-state index in [9.17, 15) is 14.0 Å². The predicted molar refractivity (Wildman–Crippen MR) is 126 cm³/mol. The molecule has 0 spiro atoms. The summed E-state index contributed by atoms with van der Waals surface area (Å²) in [6.07, 6.45) is 0. The molecule has 31 heavy (non-hydrogen) atoms. The van der Waals surface area contributed by atoms with E-state index in [1.807, 2.05) is 0 Å². The van der Waals surface area contributed by atoms with Crippen LogP contribution in [0.2, 0.25) is 5.02 Å². The Morgan fingerprint density at radius 1 is 0.839 bits per heavy atom. The van der Waals surface area contributed by atoms with Crippen LogP contribution in [0.25, 0.3) is 0 Å². The minimum absolute atomic E-state index is 0.0294. The molecule has 0 aliphatic heterocycles. The van der Waals surface area contributed by atoms with E-state index in [0.717, 1.165) is 0 Å². The highest BCUT2D eigenvalue weighted by molar-refractivity contribution is 7.80. The average Bonchev–Trinajstić information content (AvgIpc) is 2.71. The molecule has 0 aliphatic carbocycles. The van der Waals surface area contributed by atoms with Gasteiger partial charge in [0.05, 0.1) is 16.3 Å². The first-order valence-corrected chi connectivity index (χ1v) is 9.91. The van der Waals surface area contributed by atoms with Crippen LogP contribution in [-0.4, -0.2) is 16.9 Å². The second-order valence-electron chi connectivity index (χ2n) is 6.47. The molecule has 0 unspecified atom stereocenters. The quantitative estimate of drug-likeness (QED) is 0.381. The van der Waals surface area contributed by atoms with Crippen LogP contribution in [-0.2, 0) is 4.79 Å². The number of hydrogen-bond acceptors (Lipinski definition) is 3. The Balaban J connectivity index is 1.57. The minimum Gasteiger partial charge on any atom is -0.332 e. The molecule has 0 radical (unpaired) electrons. The predicted octanol–water partition coefficient (Wildman–Crippen LogP) is 5.50. The van der Waals surface area contributed by atoms with Gasteiger partial charge in [-0.25, -0.2) is 4.39 Å². The van der Waals surface area contributed by atoms with E-state index in [1.165, 1.54) is 25.1 Å². The van der Waals surface area contributed by atoms with Gasteiger partial charge in [0.25, 0.3) is 5.91 Å². The summed E-state index contributed by atoms with van der Waals surface area (Å²) < 4.78 is 13.7. The molecule has 0 heterocycles. The second-order valence-corrected chi connectivity index (χ2v) is 7.28. The van der Waals surface area contributed by atoms with Crippen LogP contribution in [0.5, 0.6) is 0 Å². The van der Waals surface area contributed by atoms with Crippen LogP contribution in [0.4, 0.5) is 27.1 Å². The number of anilines is 4. The van der Waals surface area contributed by atoms with Gasteiger partial charge in [0, 0.05) is 24.0 Å². The van der Waals surface area contributed by atoms with Crippen molar-refractivity contribution in [3.63, 3.8) is 0 Å². The van der Waals surface area contributed by atoms with Crippen molar-refractivity contribution < 1.29 is 14.0 Å². The van der Waals surface area contributed by atoms with Gasteiger partial charge in [0.2, 0.25) is 5.91 Å². The van der Waals surface area contributed by atoms with Crippen molar-refractivity contribution >= 4 is 63.5 Å². The standard InChI is InChI=1S/C22H18ClFN4O2S/c1-13(29)25-20-11-10-16(12-18(20)23)28-22(31)27-15-8-6-14(7-9-15)26-21(30)17-4-2-3-5-19(17)24/h2-12H,1H3,(H,25,29)(H,26,30)(H2,27,28,31). The maximum atomic E-state index is 13.7. The number of rotatable bonds is 5. The summed E-state index contributed by atoms with van der Waals surface area (Å²) in [4.78, 5) is 23.3. The molecule has 3 rings (SSSR count). The molecule has 0 saturated heterocycles. The molecular formula is C22H18ClFN4O2S. The van der Waals surface area contributed by atoms with Crippen molar-refractivity contribution in [1.82, 2.24) is 0 Å². The molecule has 3 aromatic carbocycles. The summed E-state index contributed by atoms with van der Waals surface area (Å²) in [6.45, 7) is 1.40. The molecule has 0 aliphatic rings. The van der Waals surface area contributed by atoms with Gasteiger partial charge in [-0.2, -0.15) is 0 Å². The zero-order valence-electron chi connectivity index (χ0n) is 16.3. The first-order valence-electron chi connectivity index (χ1n) is 9.13. The molecule has 158 valence electrons. The SMILES string of the molecule is CC(=O)Nc1ccc(NC(=S)Nc2ccc(NC(=O)c3ccccc3F)cc2)cc1Cl. The van der Waals surface area contributed by atoms with Crippen molar-refractivity contribution in [1.29, 1.82) is 0 Å². The molecule has 6 nitrogen and oxygen atoms in total. The molecule has 4 N–H and O–H groups in total. The van der Waals surface area contributed by atoms with Crippen molar-refractivity contribution in [2.45, 2.75) is 6.92 Å². The van der Waals surface area contributed by atoms with E-state index in [2.05, 4.69) is 21.3 Å². The van der Waals surface area contributed by atoms with Crippen LogP contribution in [0.1, 0.15) is 17.3 Å². The van der Waals surface area contributed by atoms with Gasteiger partial charge in [0.1, 0.15) is 5.82 Å². The fourth-order valence-corrected chi connectivity index (χ4v) is 3.12. The van der Waals surface area contributed by atoms with Crippen LogP contribution in [0.15, 0.2) is 66.7 Å². The van der Waals surface area contributed by atoms with Crippen molar-refractivity contribution in [3.8, 4) is 0 Å². The Labute approximate surface area is 188 Å². The highest BCUT2D eigenvalue weighted by atomic mass is 35.5. The van der Waals surface area contributed by atoms with Gasteiger partial charge < -0.3 is 21.3 Å². The molecular weight excluding hydrogens is 439 g/mol. The summed E-state index contributed by atoms with van der Waals surface area (Å²) in [5, 5.41) is 12.0. The third-order valence-electron chi connectivity index (χ3n) is 4.06. The lowest BCUT2D eigenvalue weighted by atomic mass is 10.2. The second kappa shape index (κ2) is 10.0. The Morgan fingerprint density at radius 2 is 1.42 bits per heavy atom. The zero-order valence-corrected chi connectivity index (χ0v) is 17.9. The lowest BCUT2D eigenvalue weighted by molar-refractivity contribution is -0.114. The van der Waals surface area contributed by atoms with E-state index in [-0.39, 0.29) is 11.5 Å². The largest absolute Gasteiger partial charge is 0.332 e. The molecule has 0 bridgehead atoms.